The summed E-state index contributed by atoms with van der Waals surface area (Å²) in [5, 5.41) is 8.45. The van der Waals surface area contributed by atoms with Gasteiger partial charge in [-0.05, 0) is 30.2 Å². The average molecular weight is 427 g/mol. The summed E-state index contributed by atoms with van der Waals surface area (Å²) < 4.78 is 61.2. The van der Waals surface area contributed by atoms with E-state index in [-0.39, 0.29) is 19.0 Å². The quantitative estimate of drug-likeness (QED) is 0.542. The number of piperidine rings is 1. The van der Waals surface area contributed by atoms with E-state index in [1.165, 1.54) is 4.88 Å². The Kier molecular flexibility index (Phi) is 7.52. The molecule has 6 nitrogen and oxygen atoms in total. The first-order valence-corrected chi connectivity index (χ1v) is 11.0. The predicted molar refractivity (Wildman–Crippen MR) is 101 cm³/mol. The van der Waals surface area contributed by atoms with E-state index >= 15 is 0 Å². The van der Waals surface area contributed by atoms with Crippen LogP contribution in [0.5, 0.6) is 0 Å². The number of guanidine groups is 1. The smallest absolute Gasteiger partial charge is 0.356 e. The Morgan fingerprint density at radius 1 is 1.37 bits per heavy atom. The SMILES string of the molecule is CN=C(NCC1CCN(S(=O)(=O)C(F)(F)F)CC1)NCC(C)c1cccs1. The van der Waals surface area contributed by atoms with Crippen molar-refractivity contribution in [2.75, 3.05) is 33.2 Å². The zero-order chi connectivity index (χ0) is 20.1. The fraction of sp³-hybridized carbons (Fsp3) is 0.688. The van der Waals surface area contributed by atoms with Crippen LogP contribution in [0.25, 0.3) is 0 Å². The molecule has 1 unspecified atom stereocenters. The highest BCUT2D eigenvalue weighted by molar-refractivity contribution is 7.90. The number of thiophene rings is 1. The van der Waals surface area contributed by atoms with Crippen LogP contribution in [0, 0.1) is 5.92 Å². The molecular weight excluding hydrogens is 401 g/mol. The van der Waals surface area contributed by atoms with Crippen LogP contribution < -0.4 is 10.6 Å². The van der Waals surface area contributed by atoms with Crippen LogP contribution in [0.4, 0.5) is 13.2 Å². The zero-order valence-corrected chi connectivity index (χ0v) is 16.9. The summed E-state index contributed by atoms with van der Waals surface area (Å²) in [5.74, 6) is 1.06. The molecule has 27 heavy (non-hydrogen) atoms. The maximum atomic E-state index is 12.6. The number of nitrogens with zero attached hydrogens (tertiary/aromatic N) is 2. The molecule has 0 saturated carbocycles. The van der Waals surface area contributed by atoms with E-state index < -0.39 is 15.5 Å². The molecule has 1 aliphatic rings. The van der Waals surface area contributed by atoms with Crippen molar-refractivity contribution in [3.8, 4) is 0 Å². The highest BCUT2D eigenvalue weighted by Gasteiger charge is 2.50. The minimum Gasteiger partial charge on any atom is -0.356 e. The van der Waals surface area contributed by atoms with Crippen LogP contribution in [0.1, 0.15) is 30.6 Å². The third-order valence-corrected chi connectivity index (χ3v) is 7.33. The largest absolute Gasteiger partial charge is 0.511 e. The molecule has 1 atom stereocenters. The van der Waals surface area contributed by atoms with Crippen LogP contribution in [0.2, 0.25) is 0 Å². The van der Waals surface area contributed by atoms with Gasteiger partial charge in [0.15, 0.2) is 5.96 Å². The summed E-state index contributed by atoms with van der Waals surface area (Å²) in [6.45, 7) is 3.13. The van der Waals surface area contributed by atoms with Crippen molar-refractivity contribution >= 4 is 27.3 Å². The number of sulfonamides is 1. The first kappa shape index (κ1) is 22.0. The Morgan fingerprint density at radius 2 is 2.04 bits per heavy atom. The average Bonchev–Trinajstić information content (AvgIpc) is 3.16. The minimum atomic E-state index is -5.23. The molecule has 1 saturated heterocycles. The maximum Gasteiger partial charge on any atom is 0.511 e. The maximum absolute atomic E-state index is 12.6. The lowest BCUT2D eigenvalue weighted by Crippen LogP contribution is -2.47. The third-order valence-electron chi connectivity index (χ3n) is 4.59. The second kappa shape index (κ2) is 9.24. The molecule has 1 aliphatic heterocycles. The molecule has 0 aliphatic carbocycles. The number of aliphatic imine (C=N–C) groups is 1. The Balaban J connectivity index is 1.75. The molecule has 1 fully saturated rings. The molecule has 0 spiro atoms. The predicted octanol–water partition coefficient (Wildman–Crippen LogP) is 2.58. The first-order valence-electron chi connectivity index (χ1n) is 8.69. The third kappa shape index (κ3) is 5.82. The fourth-order valence-corrected chi connectivity index (χ4v) is 4.66. The topological polar surface area (TPSA) is 73.8 Å². The Bertz CT molecular complexity index is 713. The van der Waals surface area contributed by atoms with Gasteiger partial charge < -0.3 is 10.6 Å². The van der Waals surface area contributed by atoms with Crippen molar-refractivity contribution < 1.29 is 21.6 Å². The number of hydrogen-bond donors (Lipinski definition) is 2. The van der Waals surface area contributed by atoms with Crippen LogP contribution in [0.3, 0.4) is 0 Å². The summed E-state index contributed by atoms with van der Waals surface area (Å²) in [7, 11) is -3.56. The standard InChI is InChI=1S/C16H25F3N4O2S2/c1-12(14-4-3-9-26-14)10-21-15(20-2)22-11-13-5-7-23(8-6-13)27(24,25)16(17,18)19/h3-4,9,12-13H,5-8,10-11H2,1-2H3,(H2,20,21,22). The van der Waals surface area contributed by atoms with Crippen molar-refractivity contribution in [3.05, 3.63) is 22.4 Å². The molecule has 11 heteroatoms. The monoisotopic (exact) mass is 426 g/mol. The molecule has 154 valence electrons. The van der Waals surface area contributed by atoms with Crippen LogP contribution >= 0.6 is 11.3 Å². The molecule has 1 aromatic rings. The van der Waals surface area contributed by atoms with Crippen molar-refractivity contribution in [3.63, 3.8) is 0 Å². The molecule has 2 N–H and O–H groups in total. The van der Waals surface area contributed by atoms with Gasteiger partial charge in [0.2, 0.25) is 0 Å². The minimum absolute atomic E-state index is 0.0953. The number of alkyl halides is 3. The lowest BCUT2D eigenvalue weighted by Gasteiger charge is -2.31. The lowest BCUT2D eigenvalue weighted by atomic mass is 9.98. The van der Waals surface area contributed by atoms with Gasteiger partial charge in [0, 0.05) is 44.0 Å². The van der Waals surface area contributed by atoms with E-state index in [2.05, 4.69) is 28.6 Å². The van der Waals surface area contributed by atoms with E-state index in [4.69, 9.17) is 0 Å². The summed E-state index contributed by atoms with van der Waals surface area (Å²) in [5.41, 5.74) is -5.23. The van der Waals surface area contributed by atoms with E-state index in [1.807, 2.05) is 11.4 Å². The van der Waals surface area contributed by atoms with Gasteiger partial charge in [-0.3, -0.25) is 4.99 Å². The Hall–Kier alpha value is -1.33. The number of rotatable bonds is 6. The van der Waals surface area contributed by atoms with Gasteiger partial charge >= 0.3 is 15.5 Å². The van der Waals surface area contributed by atoms with E-state index in [9.17, 15) is 21.6 Å². The van der Waals surface area contributed by atoms with E-state index in [0.717, 1.165) is 0 Å². The van der Waals surface area contributed by atoms with Gasteiger partial charge in [0.25, 0.3) is 0 Å². The summed E-state index contributed by atoms with van der Waals surface area (Å²) in [6.07, 6.45) is 0.760. The number of halogens is 3. The molecule has 2 heterocycles. The summed E-state index contributed by atoms with van der Waals surface area (Å²) in [6, 6.07) is 4.09. The highest BCUT2D eigenvalue weighted by atomic mass is 32.2. The second-order valence-corrected chi connectivity index (χ2v) is 9.45. The first-order chi connectivity index (χ1) is 12.6. The van der Waals surface area contributed by atoms with Crippen LogP contribution in [-0.2, 0) is 10.0 Å². The molecule has 0 aromatic carbocycles. The van der Waals surface area contributed by atoms with Crippen molar-refractivity contribution in [1.82, 2.24) is 14.9 Å². The zero-order valence-electron chi connectivity index (χ0n) is 15.3. The van der Waals surface area contributed by atoms with Gasteiger partial charge in [0.05, 0.1) is 0 Å². The van der Waals surface area contributed by atoms with Gasteiger partial charge in [-0.1, -0.05) is 13.0 Å². The van der Waals surface area contributed by atoms with Gasteiger partial charge in [0.1, 0.15) is 0 Å². The molecule has 0 bridgehead atoms. The van der Waals surface area contributed by atoms with Gasteiger partial charge in [-0.15, -0.1) is 11.3 Å². The second-order valence-electron chi connectivity index (χ2n) is 6.54. The van der Waals surface area contributed by atoms with Crippen molar-refractivity contribution in [2.45, 2.75) is 31.2 Å². The molecule has 1 aromatic heterocycles. The van der Waals surface area contributed by atoms with E-state index in [0.29, 0.717) is 42.1 Å². The summed E-state index contributed by atoms with van der Waals surface area (Å²) in [4.78, 5) is 5.43. The van der Waals surface area contributed by atoms with Crippen molar-refractivity contribution in [1.29, 1.82) is 0 Å². The Morgan fingerprint density at radius 3 is 2.56 bits per heavy atom. The fourth-order valence-electron chi connectivity index (χ4n) is 2.88. The molecule has 0 amide bonds. The Labute approximate surface area is 161 Å². The van der Waals surface area contributed by atoms with Gasteiger partial charge in [-0.25, -0.2) is 8.42 Å². The van der Waals surface area contributed by atoms with Crippen LogP contribution in [0.15, 0.2) is 22.5 Å². The van der Waals surface area contributed by atoms with Gasteiger partial charge in [-0.2, -0.15) is 17.5 Å². The number of nitrogens with one attached hydrogen (secondary N) is 2. The normalized spacial score (nSPS) is 19.1. The molecular formula is C16H25F3N4O2S2. The van der Waals surface area contributed by atoms with E-state index in [1.54, 1.807) is 18.4 Å². The van der Waals surface area contributed by atoms with Crippen LogP contribution in [-0.4, -0.2) is 57.4 Å². The number of hydrogen-bond acceptors (Lipinski definition) is 4. The molecule has 0 radical (unpaired) electrons. The highest BCUT2D eigenvalue weighted by Crippen LogP contribution is 2.30. The van der Waals surface area contributed by atoms with Crippen molar-refractivity contribution in [2.24, 2.45) is 10.9 Å². The lowest BCUT2D eigenvalue weighted by molar-refractivity contribution is -0.0496. The summed E-state index contributed by atoms with van der Waals surface area (Å²) >= 11 is 1.70. The molecule has 2 rings (SSSR count).